The summed E-state index contributed by atoms with van der Waals surface area (Å²) in [6, 6.07) is 0. The van der Waals surface area contributed by atoms with Crippen LogP contribution >= 0.6 is 0 Å². The van der Waals surface area contributed by atoms with E-state index < -0.39 is 6.16 Å². The number of rotatable bonds is 6. The maximum atomic E-state index is 11.0. The average molecular weight is 228 g/mol. The highest BCUT2D eigenvalue weighted by Gasteiger charge is 2.28. The third-order valence-corrected chi connectivity index (χ3v) is 2.67. The third kappa shape index (κ3) is 6.49. The predicted molar refractivity (Wildman–Crippen MR) is 65.1 cm³/mol. The zero-order chi connectivity index (χ0) is 12.8. The molecule has 0 bridgehead atoms. The van der Waals surface area contributed by atoms with Gasteiger partial charge in [0.05, 0.1) is 6.26 Å². The Morgan fingerprint density at radius 1 is 1.25 bits per heavy atom. The van der Waals surface area contributed by atoms with E-state index in [1.54, 1.807) is 0 Å². The number of carbonyl (C=O) groups is 1. The van der Waals surface area contributed by atoms with Gasteiger partial charge in [-0.2, -0.15) is 0 Å². The fraction of sp³-hybridized carbons (Fsp3) is 0.769. The smallest absolute Gasteiger partial charge is 0.433 e. The molecule has 0 saturated heterocycles. The molecule has 3 heteroatoms. The lowest BCUT2D eigenvalue weighted by atomic mass is 9.74. The van der Waals surface area contributed by atoms with Crippen molar-refractivity contribution < 1.29 is 14.3 Å². The fourth-order valence-corrected chi connectivity index (χ4v) is 1.83. The zero-order valence-corrected chi connectivity index (χ0v) is 11.1. The van der Waals surface area contributed by atoms with Crippen LogP contribution in [0.15, 0.2) is 12.8 Å². The Balaban J connectivity index is 4.14. The van der Waals surface area contributed by atoms with Crippen LogP contribution in [0.3, 0.4) is 0 Å². The molecule has 0 atom stereocenters. The first-order chi connectivity index (χ1) is 7.22. The SMILES string of the molecule is C=COC(=O)OCC(C)(C)CC(C)(C)CC. The number of hydrogen-bond acceptors (Lipinski definition) is 3. The lowest BCUT2D eigenvalue weighted by Gasteiger charge is -2.33. The highest BCUT2D eigenvalue weighted by atomic mass is 16.7. The Hall–Kier alpha value is -0.990. The highest BCUT2D eigenvalue weighted by molar-refractivity contribution is 5.60. The van der Waals surface area contributed by atoms with Crippen LogP contribution in [0.1, 0.15) is 47.5 Å². The lowest BCUT2D eigenvalue weighted by Crippen LogP contribution is -2.28. The molecule has 0 amide bonds. The molecule has 0 heterocycles. The lowest BCUT2D eigenvalue weighted by molar-refractivity contribution is 0.0358. The monoisotopic (exact) mass is 228 g/mol. The van der Waals surface area contributed by atoms with Crippen molar-refractivity contribution in [2.24, 2.45) is 10.8 Å². The Labute approximate surface area is 98.8 Å². The van der Waals surface area contributed by atoms with Crippen molar-refractivity contribution in [3.05, 3.63) is 12.8 Å². The van der Waals surface area contributed by atoms with Crippen molar-refractivity contribution in [1.82, 2.24) is 0 Å². The Morgan fingerprint density at radius 2 is 1.81 bits per heavy atom. The molecule has 0 aliphatic carbocycles. The number of ether oxygens (including phenoxy) is 2. The van der Waals surface area contributed by atoms with E-state index in [0.717, 1.165) is 19.1 Å². The minimum Gasteiger partial charge on any atom is -0.433 e. The summed E-state index contributed by atoms with van der Waals surface area (Å²) in [5.41, 5.74) is 0.217. The molecular weight excluding hydrogens is 204 g/mol. The average Bonchev–Trinajstić information content (AvgIpc) is 2.14. The number of hydrogen-bond donors (Lipinski definition) is 0. The van der Waals surface area contributed by atoms with Gasteiger partial charge in [-0.3, -0.25) is 0 Å². The fourth-order valence-electron chi connectivity index (χ4n) is 1.83. The first kappa shape index (κ1) is 15.0. The van der Waals surface area contributed by atoms with E-state index in [2.05, 4.69) is 45.9 Å². The third-order valence-electron chi connectivity index (χ3n) is 2.67. The summed E-state index contributed by atoms with van der Waals surface area (Å²) < 4.78 is 9.50. The van der Waals surface area contributed by atoms with Gasteiger partial charge in [0.25, 0.3) is 0 Å². The summed E-state index contributed by atoms with van der Waals surface area (Å²) in [6.07, 6.45) is 2.49. The summed E-state index contributed by atoms with van der Waals surface area (Å²) in [5.74, 6) is 0. The molecular formula is C13H24O3. The number of carbonyl (C=O) groups excluding carboxylic acids is 1. The van der Waals surface area contributed by atoms with Crippen molar-refractivity contribution >= 4 is 6.16 Å². The molecule has 0 N–H and O–H groups in total. The molecule has 0 aromatic carbocycles. The molecule has 0 unspecified atom stereocenters. The van der Waals surface area contributed by atoms with Gasteiger partial charge in [0, 0.05) is 0 Å². The highest BCUT2D eigenvalue weighted by Crippen LogP contribution is 2.36. The van der Waals surface area contributed by atoms with Crippen molar-refractivity contribution in [1.29, 1.82) is 0 Å². The molecule has 3 nitrogen and oxygen atoms in total. The van der Waals surface area contributed by atoms with Gasteiger partial charge in [0.1, 0.15) is 6.61 Å². The maximum Gasteiger partial charge on any atom is 0.513 e. The van der Waals surface area contributed by atoms with E-state index in [9.17, 15) is 4.79 Å². The summed E-state index contributed by atoms with van der Waals surface area (Å²) in [7, 11) is 0. The van der Waals surface area contributed by atoms with E-state index in [0.29, 0.717) is 6.61 Å². The minimum absolute atomic E-state index is 0.0420. The van der Waals surface area contributed by atoms with E-state index in [-0.39, 0.29) is 10.8 Å². The molecule has 0 aromatic rings. The summed E-state index contributed by atoms with van der Waals surface area (Å²) in [6.45, 7) is 14.4. The Morgan fingerprint density at radius 3 is 2.25 bits per heavy atom. The van der Waals surface area contributed by atoms with Crippen LogP contribution in [-0.2, 0) is 9.47 Å². The summed E-state index contributed by atoms with van der Waals surface area (Å²) in [4.78, 5) is 11.0. The first-order valence-corrected chi connectivity index (χ1v) is 5.67. The van der Waals surface area contributed by atoms with Gasteiger partial charge >= 0.3 is 6.16 Å². The molecule has 0 aliphatic heterocycles. The summed E-state index contributed by atoms with van der Waals surface area (Å²) in [5, 5.41) is 0. The first-order valence-electron chi connectivity index (χ1n) is 5.67. The van der Waals surface area contributed by atoms with E-state index in [4.69, 9.17) is 4.74 Å². The van der Waals surface area contributed by atoms with Gasteiger partial charge in [0.2, 0.25) is 0 Å². The van der Waals surface area contributed by atoms with Gasteiger partial charge in [-0.15, -0.1) is 0 Å². The molecule has 0 spiro atoms. The van der Waals surface area contributed by atoms with Gasteiger partial charge in [0.15, 0.2) is 0 Å². The standard InChI is InChI=1S/C13H24O3/c1-7-12(3,4)9-13(5,6)10-16-11(14)15-8-2/h8H,2,7,9-10H2,1,3-6H3. The van der Waals surface area contributed by atoms with Crippen LogP contribution in [0.25, 0.3) is 0 Å². The van der Waals surface area contributed by atoms with Crippen LogP contribution in [0.4, 0.5) is 4.79 Å². The van der Waals surface area contributed by atoms with E-state index in [1.807, 2.05) is 0 Å². The van der Waals surface area contributed by atoms with E-state index in [1.165, 1.54) is 0 Å². The Kier molecular flexibility index (Phi) is 5.56. The van der Waals surface area contributed by atoms with Crippen molar-refractivity contribution in [3.63, 3.8) is 0 Å². The molecule has 0 rings (SSSR count). The Bertz CT molecular complexity index is 242. The zero-order valence-electron chi connectivity index (χ0n) is 11.1. The van der Waals surface area contributed by atoms with Crippen LogP contribution in [-0.4, -0.2) is 12.8 Å². The minimum atomic E-state index is -0.683. The van der Waals surface area contributed by atoms with Gasteiger partial charge in [-0.1, -0.05) is 47.6 Å². The van der Waals surface area contributed by atoms with Gasteiger partial charge in [-0.05, 0) is 17.3 Å². The van der Waals surface area contributed by atoms with Crippen LogP contribution < -0.4 is 0 Å². The topological polar surface area (TPSA) is 35.5 Å². The van der Waals surface area contributed by atoms with Gasteiger partial charge < -0.3 is 9.47 Å². The normalized spacial score (nSPS) is 12.1. The molecule has 16 heavy (non-hydrogen) atoms. The van der Waals surface area contributed by atoms with Crippen LogP contribution in [0.2, 0.25) is 0 Å². The van der Waals surface area contributed by atoms with Crippen LogP contribution in [0.5, 0.6) is 0 Å². The molecule has 94 valence electrons. The molecule has 0 aliphatic rings. The second kappa shape index (κ2) is 5.92. The summed E-state index contributed by atoms with van der Waals surface area (Å²) >= 11 is 0. The van der Waals surface area contributed by atoms with Crippen LogP contribution in [0, 0.1) is 10.8 Å². The second-order valence-corrected chi connectivity index (χ2v) is 5.68. The molecule has 0 radical (unpaired) electrons. The quantitative estimate of drug-likeness (QED) is 0.506. The van der Waals surface area contributed by atoms with Crippen molar-refractivity contribution in [3.8, 4) is 0 Å². The molecule has 0 aromatic heterocycles. The molecule has 0 saturated carbocycles. The predicted octanol–water partition coefficient (Wildman–Crippen LogP) is 4.14. The molecule has 0 fully saturated rings. The van der Waals surface area contributed by atoms with E-state index >= 15 is 0 Å². The largest absolute Gasteiger partial charge is 0.513 e. The second-order valence-electron chi connectivity index (χ2n) is 5.68. The maximum absolute atomic E-state index is 11.0. The van der Waals surface area contributed by atoms with Crippen molar-refractivity contribution in [2.45, 2.75) is 47.5 Å². The van der Waals surface area contributed by atoms with Gasteiger partial charge in [-0.25, -0.2) is 4.79 Å². The van der Waals surface area contributed by atoms with Crippen molar-refractivity contribution in [2.75, 3.05) is 6.61 Å².